The van der Waals surface area contributed by atoms with Gasteiger partial charge in [0.05, 0.1) is 23.7 Å². The SMILES string of the molecule is COc1ccc2nc(/C(C#N)=C\c3cc(Br)ccc3OCc3ccc(C)cc3)[nH]c2c1. The molecule has 0 saturated heterocycles. The van der Waals surface area contributed by atoms with Crippen LogP contribution in [0.5, 0.6) is 11.5 Å². The zero-order valence-electron chi connectivity index (χ0n) is 17.1. The van der Waals surface area contributed by atoms with Gasteiger partial charge in [-0.05, 0) is 48.9 Å². The second kappa shape index (κ2) is 9.07. The lowest BCUT2D eigenvalue weighted by atomic mass is 10.1. The molecule has 0 aliphatic heterocycles. The van der Waals surface area contributed by atoms with Gasteiger partial charge in [0.1, 0.15) is 30.0 Å². The van der Waals surface area contributed by atoms with Crippen LogP contribution in [-0.2, 0) is 6.61 Å². The van der Waals surface area contributed by atoms with E-state index in [2.05, 4.69) is 51.0 Å². The van der Waals surface area contributed by atoms with E-state index >= 15 is 0 Å². The summed E-state index contributed by atoms with van der Waals surface area (Å²) >= 11 is 3.51. The highest BCUT2D eigenvalue weighted by Gasteiger charge is 2.11. The predicted octanol–water partition coefficient (Wildman–Crippen LogP) is 6.29. The average Bonchev–Trinajstić information content (AvgIpc) is 3.21. The molecule has 1 heterocycles. The maximum atomic E-state index is 9.81. The number of nitrogens with zero attached hydrogens (tertiary/aromatic N) is 2. The van der Waals surface area contributed by atoms with Crippen molar-refractivity contribution in [3.05, 3.63) is 87.7 Å². The standard InChI is InChI=1S/C25H20BrN3O2/c1-16-3-5-17(6-4-16)15-31-24-10-7-20(26)12-18(24)11-19(14-27)25-28-22-9-8-21(30-2)13-23(22)29-25/h3-13H,15H2,1-2H3,(H,28,29)/b19-11-. The highest BCUT2D eigenvalue weighted by atomic mass is 79.9. The minimum absolute atomic E-state index is 0.411. The first-order chi connectivity index (χ1) is 15.1. The molecule has 0 fully saturated rings. The highest BCUT2D eigenvalue weighted by molar-refractivity contribution is 9.10. The molecule has 0 amide bonds. The van der Waals surface area contributed by atoms with E-state index in [0.717, 1.165) is 32.4 Å². The van der Waals surface area contributed by atoms with E-state index in [0.29, 0.717) is 23.8 Å². The van der Waals surface area contributed by atoms with E-state index in [1.54, 1.807) is 13.2 Å². The fourth-order valence-electron chi connectivity index (χ4n) is 3.16. The van der Waals surface area contributed by atoms with E-state index in [1.807, 2.05) is 48.5 Å². The van der Waals surface area contributed by atoms with Gasteiger partial charge < -0.3 is 14.5 Å². The normalized spacial score (nSPS) is 11.4. The molecule has 4 aromatic rings. The molecular formula is C25H20BrN3O2. The Morgan fingerprint density at radius 1 is 1.13 bits per heavy atom. The van der Waals surface area contributed by atoms with Crippen LogP contribution in [0.1, 0.15) is 22.5 Å². The quantitative estimate of drug-likeness (QED) is 0.334. The number of hydrogen-bond acceptors (Lipinski definition) is 4. The number of aromatic nitrogens is 2. The van der Waals surface area contributed by atoms with Gasteiger partial charge in [0.15, 0.2) is 0 Å². The largest absolute Gasteiger partial charge is 0.497 e. The summed E-state index contributed by atoms with van der Waals surface area (Å²) in [6.45, 7) is 2.49. The Labute approximate surface area is 189 Å². The minimum atomic E-state index is 0.411. The average molecular weight is 474 g/mol. The molecule has 0 aliphatic carbocycles. The molecular weight excluding hydrogens is 454 g/mol. The van der Waals surface area contributed by atoms with Gasteiger partial charge in [-0.3, -0.25) is 0 Å². The van der Waals surface area contributed by atoms with Gasteiger partial charge in [-0.2, -0.15) is 5.26 Å². The first-order valence-electron chi connectivity index (χ1n) is 9.69. The summed E-state index contributed by atoms with van der Waals surface area (Å²) in [7, 11) is 1.62. The second-order valence-corrected chi connectivity index (χ2v) is 8.01. The lowest BCUT2D eigenvalue weighted by Crippen LogP contribution is -1.97. The maximum Gasteiger partial charge on any atom is 0.149 e. The Balaban J connectivity index is 1.66. The molecule has 0 radical (unpaired) electrons. The van der Waals surface area contributed by atoms with Gasteiger partial charge in [0, 0.05) is 16.1 Å². The number of hydrogen-bond donors (Lipinski definition) is 1. The highest BCUT2D eigenvalue weighted by Crippen LogP contribution is 2.29. The van der Waals surface area contributed by atoms with Crippen molar-refractivity contribution in [2.24, 2.45) is 0 Å². The molecule has 0 unspecified atom stereocenters. The van der Waals surface area contributed by atoms with Crippen LogP contribution in [0, 0.1) is 18.3 Å². The van der Waals surface area contributed by atoms with Gasteiger partial charge in [-0.25, -0.2) is 4.98 Å². The van der Waals surface area contributed by atoms with Crippen LogP contribution >= 0.6 is 15.9 Å². The molecule has 0 aliphatic rings. The van der Waals surface area contributed by atoms with Gasteiger partial charge in [-0.15, -0.1) is 0 Å². The number of imidazole rings is 1. The third kappa shape index (κ3) is 4.79. The second-order valence-electron chi connectivity index (χ2n) is 7.09. The van der Waals surface area contributed by atoms with Crippen LogP contribution in [0.3, 0.4) is 0 Å². The van der Waals surface area contributed by atoms with E-state index in [9.17, 15) is 5.26 Å². The molecule has 0 bridgehead atoms. The summed E-state index contributed by atoms with van der Waals surface area (Å²) in [4.78, 5) is 7.76. The van der Waals surface area contributed by atoms with Gasteiger partial charge in [0.2, 0.25) is 0 Å². The maximum absolute atomic E-state index is 9.81. The first kappa shape index (κ1) is 20.7. The van der Waals surface area contributed by atoms with Crippen molar-refractivity contribution in [2.45, 2.75) is 13.5 Å². The third-order valence-corrected chi connectivity index (χ3v) is 5.34. The Hall–Kier alpha value is -3.56. The number of allylic oxidation sites excluding steroid dienone is 1. The van der Waals surface area contributed by atoms with Crippen molar-refractivity contribution in [3.63, 3.8) is 0 Å². The van der Waals surface area contributed by atoms with Crippen LogP contribution in [0.15, 0.2) is 65.1 Å². The number of rotatable bonds is 6. The van der Waals surface area contributed by atoms with Gasteiger partial charge in [0.25, 0.3) is 0 Å². The lowest BCUT2D eigenvalue weighted by molar-refractivity contribution is 0.305. The van der Waals surface area contributed by atoms with Gasteiger partial charge >= 0.3 is 0 Å². The summed E-state index contributed by atoms with van der Waals surface area (Å²) in [5, 5.41) is 9.81. The lowest BCUT2D eigenvalue weighted by Gasteiger charge is -2.10. The molecule has 154 valence electrons. The molecule has 5 nitrogen and oxygen atoms in total. The van der Waals surface area contributed by atoms with Crippen LogP contribution in [0.2, 0.25) is 0 Å². The zero-order chi connectivity index (χ0) is 21.8. The third-order valence-electron chi connectivity index (χ3n) is 4.85. The topological polar surface area (TPSA) is 70.9 Å². The molecule has 0 saturated carbocycles. The van der Waals surface area contributed by atoms with Crippen molar-refractivity contribution in [2.75, 3.05) is 7.11 Å². The predicted molar refractivity (Wildman–Crippen MR) is 126 cm³/mol. The van der Waals surface area contributed by atoms with Crippen LogP contribution in [0.4, 0.5) is 0 Å². The van der Waals surface area contributed by atoms with Gasteiger partial charge in [-0.1, -0.05) is 45.8 Å². The fourth-order valence-corrected chi connectivity index (χ4v) is 3.54. The first-order valence-corrected chi connectivity index (χ1v) is 10.5. The fraction of sp³-hybridized carbons (Fsp3) is 0.120. The number of nitrogens with one attached hydrogen (secondary N) is 1. The Kier molecular flexibility index (Phi) is 6.06. The number of fused-ring (bicyclic) bond motifs is 1. The molecule has 4 rings (SSSR count). The number of aryl methyl sites for hydroxylation is 1. The summed E-state index contributed by atoms with van der Waals surface area (Å²) < 4.78 is 12.2. The zero-order valence-corrected chi connectivity index (χ0v) is 18.7. The van der Waals surface area contributed by atoms with E-state index in [1.165, 1.54) is 5.56 Å². The van der Waals surface area contributed by atoms with E-state index < -0.39 is 0 Å². The number of ether oxygens (including phenoxy) is 2. The van der Waals surface area contributed by atoms with Crippen molar-refractivity contribution in [1.82, 2.24) is 9.97 Å². The molecule has 1 N–H and O–H groups in total. The number of benzene rings is 3. The number of nitriles is 1. The summed E-state index contributed by atoms with van der Waals surface area (Å²) in [5.74, 6) is 1.91. The Morgan fingerprint density at radius 3 is 2.68 bits per heavy atom. The summed E-state index contributed by atoms with van der Waals surface area (Å²) in [5.41, 5.74) is 5.06. The smallest absolute Gasteiger partial charge is 0.149 e. The van der Waals surface area contributed by atoms with E-state index in [4.69, 9.17) is 9.47 Å². The molecule has 0 atom stereocenters. The van der Waals surface area contributed by atoms with Crippen molar-refractivity contribution in [3.8, 4) is 17.6 Å². The van der Waals surface area contributed by atoms with Crippen molar-refractivity contribution < 1.29 is 9.47 Å². The monoisotopic (exact) mass is 473 g/mol. The van der Waals surface area contributed by atoms with Crippen LogP contribution in [0.25, 0.3) is 22.7 Å². The molecule has 1 aromatic heterocycles. The summed E-state index contributed by atoms with van der Waals surface area (Å²) in [6.07, 6.45) is 1.78. The number of methoxy groups -OCH3 is 1. The van der Waals surface area contributed by atoms with Crippen LogP contribution in [-0.4, -0.2) is 17.1 Å². The Bertz CT molecular complexity index is 1300. The molecule has 31 heavy (non-hydrogen) atoms. The number of aromatic amines is 1. The minimum Gasteiger partial charge on any atom is -0.497 e. The molecule has 0 spiro atoms. The van der Waals surface area contributed by atoms with Crippen LogP contribution < -0.4 is 9.47 Å². The van der Waals surface area contributed by atoms with Crippen molar-refractivity contribution >= 4 is 38.6 Å². The number of halogens is 1. The van der Waals surface area contributed by atoms with Crippen molar-refractivity contribution in [1.29, 1.82) is 5.26 Å². The Morgan fingerprint density at radius 2 is 1.94 bits per heavy atom. The molecule has 3 aromatic carbocycles. The summed E-state index contributed by atoms with van der Waals surface area (Å²) in [6, 6.07) is 21.8. The number of H-pyrrole nitrogens is 1. The molecule has 6 heteroatoms. The van der Waals surface area contributed by atoms with E-state index in [-0.39, 0.29) is 0 Å².